The summed E-state index contributed by atoms with van der Waals surface area (Å²) in [6.45, 7) is 3.79. The third-order valence-corrected chi connectivity index (χ3v) is 14.6. The Morgan fingerprint density at radius 2 is 0.792 bits per heavy atom. The highest BCUT2D eigenvalue weighted by Gasteiger charge is 2.44. The van der Waals surface area contributed by atoms with Crippen molar-refractivity contribution in [1.82, 2.24) is 5.32 Å². The summed E-state index contributed by atoms with van der Waals surface area (Å²) in [5.74, 6) is -0.189. The molecule has 1 saturated heterocycles. The van der Waals surface area contributed by atoms with Crippen LogP contribution < -0.4 is 5.32 Å². The lowest BCUT2D eigenvalue weighted by atomic mass is 9.99. The van der Waals surface area contributed by atoms with Crippen molar-refractivity contribution in [2.24, 2.45) is 0 Å². The van der Waals surface area contributed by atoms with Crippen LogP contribution in [0.15, 0.2) is 48.6 Å². The Morgan fingerprint density at radius 3 is 1.17 bits per heavy atom. The molecule has 1 amide bonds. The number of allylic oxidation sites excluding steroid dienone is 7. The zero-order valence-corrected chi connectivity index (χ0v) is 46.9. The van der Waals surface area contributed by atoms with Gasteiger partial charge in [0.05, 0.1) is 25.4 Å². The molecule has 1 rings (SSSR count). The average molecular weight is 1020 g/mol. The predicted octanol–water partition coefficient (Wildman–Crippen LogP) is 15.7. The Labute approximate surface area is 444 Å². The largest absolute Gasteiger partial charge is 0.394 e. The summed E-state index contributed by atoms with van der Waals surface area (Å²) in [4.78, 5) is 13.1. The van der Waals surface area contributed by atoms with Crippen LogP contribution in [0.1, 0.15) is 290 Å². The third-order valence-electron chi connectivity index (χ3n) is 14.6. The number of amides is 1. The number of ether oxygens (including phenoxy) is 2. The number of aliphatic hydroxyl groups is 5. The Bertz CT molecular complexity index is 1270. The maximum atomic E-state index is 13.1. The third kappa shape index (κ3) is 41.4. The minimum atomic E-state index is -1.58. The van der Waals surface area contributed by atoms with Crippen LogP contribution in [-0.4, -0.2) is 87.5 Å². The molecule has 0 saturated carbocycles. The lowest BCUT2D eigenvalue weighted by molar-refractivity contribution is -0.302. The molecule has 6 N–H and O–H groups in total. The van der Waals surface area contributed by atoms with E-state index in [4.69, 9.17) is 9.47 Å². The smallest absolute Gasteiger partial charge is 0.220 e. The quantitative estimate of drug-likeness (QED) is 0.0261. The van der Waals surface area contributed by atoms with Crippen molar-refractivity contribution in [3.8, 4) is 0 Å². The molecular weight excluding hydrogens is 899 g/mol. The lowest BCUT2D eigenvalue weighted by Crippen LogP contribution is -2.60. The van der Waals surface area contributed by atoms with E-state index in [2.05, 4.69) is 55.6 Å². The molecule has 0 spiro atoms. The Balaban J connectivity index is 2.24. The van der Waals surface area contributed by atoms with E-state index in [1.165, 1.54) is 225 Å². The summed E-state index contributed by atoms with van der Waals surface area (Å²) in [6.07, 6.45) is 63.3. The van der Waals surface area contributed by atoms with Gasteiger partial charge in [0.1, 0.15) is 24.4 Å². The second-order valence-corrected chi connectivity index (χ2v) is 21.5. The zero-order valence-electron chi connectivity index (χ0n) is 46.9. The van der Waals surface area contributed by atoms with Gasteiger partial charge in [0.2, 0.25) is 5.91 Å². The molecule has 0 aromatic rings. The SMILES string of the molecule is CCCCCCCCCC/C=C\CCCCCCCCCCCCCC(=O)NC(COC1OC(CO)C(O)C(O)C1O)C(O)/C=C/CC/C=C/CC/C=C/CCCCCCCCCCCCCCCCCC. The number of aliphatic hydroxyl groups excluding tert-OH is 5. The number of unbranched alkanes of at least 4 members (excludes halogenated alkanes) is 37. The summed E-state index contributed by atoms with van der Waals surface area (Å²) < 4.78 is 11.3. The summed E-state index contributed by atoms with van der Waals surface area (Å²) in [6, 6.07) is -0.830. The van der Waals surface area contributed by atoms with E-state index in [-0.39, 0.29) is 12.5 Å². The van der Waals surface area contributed by atoms with E-state index in [0.29, 0.717) is 6.42 Å². The van der Waals surface area contributed by atoms with Gasteiger partial charge in [-0.2, -0.15) is 0 Å². The van der Waals surface area contributed by atoms with Crippen LogP contribution in [0.25, 0.3) is 0 Å². The maximum Gasteiger partial charge on any atom is 0.220 e. The first-order valence-corrected chi connectivity index (χ1v) is 30.9. The van der Waals surface area contributed by atoms with E-state index in [0.717, 1.165) is 44.9 Å². The van der Waals surface area contributed by atoms with Gasteiger partial charge in [0.15, 0.2) is 6.29 Å². The predicted molar refractivity (Wildman–Crippen MR) is 304 cm³/mol. The number of nitrogens with one attached hydrogen (secondary N) is 1. The van der Waals surface area contributed by atoms with Gasteiger partial charge in [-0.15, -0.1) is 0 Å². The Morgan fingerprint density at radius 1 is 0.458 bits per heavy atom. The second kappa shape index (κ2) is 52.6. The maximum absolute atomic E-state index is 13.1. The Hall–Kier alpha value is -1.85. The molecule has 9 nitrogen and oxygen atoms in total. The molecule has 0 aromatic carbocycles. The van der Waals surface area contributed by atoms with Crippen LogP contribution in [0, 0.1) is 0 Å². The number of hydrogen-bond donors (Lipinski definition) is 6. The van der Waals surface area contributed by atoms with Gasteiger partial charge in [-0.3, -0.25) is 4.79 Å². The molecular formula is C63H117NO8. The summed E-state index contributed by atoms with van der Waals surface area (Å²) in [5, 5.41) is 54.6. The molecule has 1 fully saturated rings. The minimum absolute atomic E-state index is 0.189. The van der Waals surface area contributed by atoms with E-state index >= 15 is 0 Å². The van der Waals surface area contributed by atoms with Gasteiger partial charge in [0, 0.05) is 6.42 Å². The van der Waals surface area contributed by atoms with Gasteiger partial charge in [-0.05, 0) is 70.6 Å². The molecule has 7 atom stereocenters. The van der Waals surface area contributed by atoms with Crippen LogP contribution in [0.4, 0.5) is 0 Å². The summed E-state index contributed by atoms with van der Waals surface area (Å²) in [7, 11) is 0. The summed E-state index contributed by atoms with van der Waals surface area (Å²) in [5.41, 5.74) is 0. The fourth-order valence-corrected chi connectivity index (χ4v) is 9.72. The molecule has 72 heavy (non-hydrogen) atoms. The highest BCUT2D eigenvalue weighted by atomic mass is 16.7. The van der Waals surface area contributed by atoms with Gasteiger partial charge >= 0.3 is 0 Å². The van der Waals surface area contributed by atoms with Crippen LogP contribution in [0.2, 0.25) is 0 Å². The monoisotopic (exact) mass is 1020 g/mol. The number of rotatable bonds is 53. The van der Waals surface area contributed by atoms with Crippen LogP contribution in [0.3, 0.4) is 0 Å². The van der Waals surface area contributed by atoms with Gasteiger partial charge < -0.3 is 40.3 Å². The molecule has 1 aliphatic rings. The van der Waals surface area contributed by atoms with Crippen molar-refractivity contribution >= 4 is 5.91 Å². The highest BCUT2D eigenvalue weighted by molar-refractivity contribution is 5.76. The zero-order chi connectivity index (χ0) is 52.2. The van der Waals surface area contributed by atoms with E-state index < -0.39 is 49.5 Å². The number of carbonyl (C=O) groups is 1. The van der Waals surface area contributed by atoms with Crippen molar-refractivity contribution in [2.75, 3.05) is 13.2 Å². The lowest BCUT2D eigenvalue weighted by Gasteiger charge is -2.40. The molecule has 422 valence electrons. The number of hydrogen-bond acceptors (Lipinski definition) is 8. The van der Waals surface area contributed by atoms with Gasteiger partial charge in [-0.25, -0.2) is 0 Å². The van der Waals surface area contributed by atoms with Gasteiger partial charge in [-0.1, -0.05) is 262 Å². The fraction of sp³-hybridized carbons (Fsp3) is 0.857. The van der Waals surface area contributed by atoms with Crippen molar-refractivity contribution in [3.63, 3.8) is 0 Å². The number of carbonyl (C=O) groups excluding carboxylic acids is 1. The first-order chi connectivity index (χ1) is 35.3. The van der Waals surface area contributed by atoms with E-state index in [1.807, 2.05) is 6.08 Å². The van der Waals surface area contributed by atoms with Crippen LogP contribution >= 0.6 is 0 Å². The molecule has 9 heteroatoms. The van der Waals surface area contributed by atoms with Crippen molar-refractivity contribution in [1.29, 1.82) is 0 Å². The Kier molecular flexibility index (Phi) is 49.8. The average Bonchev–Trinajstić information content (AvgIpc) is 3.38. The van der Waals surface area contributed by atoms with E-state index in [1.54, 1.807) is 6.08 Å². The molecule has 7 unspecified atom stereocenters. The molecule has 1 heterocycles. The molecule has 0 radical (unpaired) electrons. The van der Waals surface area contributed by atoms with Crippen molar-refractivity contribution in [2.45, 2.75) is 333 Å². The van der Waals surface area contributed by atoms with Crippen LogP contribution in [-0.2, 0) is 14.3 Å². The second-order valence-electron chi connectivity index (χ2n) is 21.5. The molecule has 0 bridgehead atoms. The minimum Gasteiger partial charge on any atom is -0.394 e. The first-order valence-electron chi connectivity index (χ1n) is 30.9. The molecule has 0 aliphatic carbocycles. The fourth-order valence-electron chi connectivity index (χ4n) is 9.72. The first kappa shape index (κ1) is 68.2. The van der Waals surface area contributed by atoms with E-state index in [9.17, 15) is 30.3 Å². The molecule has 0 aromatic heterocycles. The van der Waals surface area contributed by atoms with Crippen LogP contribution in [0.5, 0.6) is 0 Å². The molecule has 1 aliphatic heterocycles. The standard InChI is InChI=1S/C63H117NO8/c1-3-5-7-9-11-13-15-17-19-21-23-25-27-28-29-31-32-34-36-38-40-42-44-46-48-50-52-57(66)56(55-71-63-62(70)61(69)60(68)58(54-65)72-63)64-59(67)53-51-49-47-45-43-41-39-37-35-33-30-26-24-22-20-18-16-14-12-10-8-6-4-2/h22,24,34,36,42,44,50,52,56-58,60-63,65-66,68-70H,3-21,23,25-33,35,37-41,43,45-49,51,53-55H2,1-2H3,(H,64,67)/b24-22-,36-34+,44-42+,52-50+. The normalized spacial score (nSPS) is 19.5. The summed E-state index contributed by atoms with van der Waals surface area (Å²) >= 11 is 0. The van der Waals surface area contributed by atoms with Gasteiger partial charge in [0.25, 0.3) is 0 Å². The highest BCUT2D eigenvalue weighted by Crippen LogP contribution is 2.23. The van der Waals surface area contributed by atoms with Crippen molar-refractivity contribution in [3.05, 3.63) is 48.6 Å². The topological polar surface area (TPSA) is 149 Å². The van der Waals surface area contributed by atoms with Crippen molar-refractivity contribution < 1.29 is 39.8 Å².